The molecule has 3 heteroatoms. The first-order chi connectivity index (χ1) is 8.68. The predicted molar refractivity (Wildman–Crippen MR) is 76.1 cm³/mol. The quantitative estimate of drug-likeness (QED) is 0.764. The smallest absolute Gasteiger partial charge is 0.176 e. The summed E-state index contributed by atoms with van der Waals surface area (Å²) < 4.78 is 0. The third kappa shape index (κ3) is 3.06. The van der Waals surface area contributed by atoms with Crippen LogP contribution in [0.4, 0.5) is 0 Å². The molecule has 94 valence electrons. The number of Topliss-reactive ketones (excluding diaryl/α,β-unsaturated/α-hetero) is 1. The van der Waals surface area contributed by atoms with E-state index in [2.05, 4.69) is 23.3 Å². The van der Waals surface area contributed by atoms with E-state index in [0.717, 1.165) is 5.56 Å². The molecule has 0 aliphatic rings. The molecule has 2 nitrogen and oxygen atoms in total. The Kier molecular flexibility index (Phi) is 4.28. The van der Waals surface area contributed by atoms with Crippen LogP contribution in [-0.2, 0) is 0 Å². The number of carbonyl (C=O) groups is 1. The Morgan fingerprint density at radius 3 is 2.56 bits per heavy atom. The van der Waals surface area contributed by atoms with Crippen LogP contribution in [-0.4, -0.2) is 24.3 Å². The maximum Gasteiger partial charge on any atom is 0.176 e. The van der Waals surface area contributed by atoms with E-state index in [4.69, 9.17) is 0 Å². The van der Waals surface area contributed by atoms with Gasteiger partial charge in [-0.25, -0.2) is 0 Å². The van der Waals surface area contributed by atoms with Crippen LogP contribution in [0.15, 0.2) is 47.8 Å². The molecule has 0 N–H and O–H groups in total. The molecule has 18 heavy (non-hydrogen) atoms. The zero-order valence-corrected chi connectivity index (χ0v) is 11.5. The van der Waals surface area contributed by atoms with Crippen molar-refractivity contribution < 1.29 is 4.79 Å². The number of carbonyl (C=O) groups excluding carboxylic acids is 1. The van der Waals surface area contributed by atoms with Crippen molar-refractivity contribution in [2.45, 2.75) is 13.0 Å². The van der Waals surface area contributed by atoms with Crippen molar-refractivity contribution in [3.8, 4) is 0 Å². The summed E-state index contributed by atoms with van der Waals surface area (Å²) in [5.41, 5.74) is 0.780. The molecule has 1 atom stereocenters. The van der Waals surface area contributed by atoms with Crippen molar-refractivity contribution in [1.82, 2.24) is 4.90 Å². The average molecular weight is 259 g/mol. The van der Waals surface area contributed by atoms with Gasteiger partial charge >= 0.3 is 0 Å². The summed E-state index contributed by atoms with van der Waals surface area (Å²) in [6.07, 6.45) is 0. The molecule has 2 rings (SSSR count). The lowest BCUT2D eigenvalue weighted by Gasteiger charge is -2.22. The molecule has 1 aromatic heterocycles. The van der Waals surface area contributed by atoms with Crippen molar-refractivity contribution in [3.63, 3.8) is 0 Å². The van der Waals surface area contributed by atoms with Crippen LogP contribution in [0, 0.1) is 0 Å². The van der Waals surface area contributed by atoms with Crippen molar-refractivity contribution in [2.75, 3.05) is 13.6 Å². The molecule has 2 aromatic rings. The number of nitrogens with zero attached hydrogens (tertiary/aromatic N) is 1. The maximum atomic E-state index is 12.1. The minimum Gasteiger partial charge on any atom is -0.293 e. The van der Waals surface area contributed by atoms with Gasteiger partial charge in [0, 0.05) is 16.5 Å². The van der Waals surface area contributed by atoms with Crippen LogP contribution in [0.1, 0.15) is 28.2 Å². The maximum absolute atomic E-state index is 12.1. The van der Waals surface area contributed by atoms with Gasteiger partial charge in [0.1, 0.15) is 0 Å². The normalized spacial score (nSPS) is 12.6. The summed E-state index contributed by atoms with van der Waals surface area (Å²) in [6, 6.07) is 13.9. The molecule has 0 saturated carbocycles. The highest BCUT2D eigenvalue weighted by Gasteiger charge is 2.16. The van der Waals surface area contributed by atoms with Crippen molar-refractivity contribution in [3.05, 3.63) is 58.3 Å². The van der Waals surface area contributed by atoms with Gasteiger partial charge in [-0.05, 0) is 25.4 Å². The largest absolute Gasteiger partial charge is 0.293 e. The van der Waals surface area contributed by atoms with Gasteiger partial charge in [-0.15, -0.1) is 11.3 Å². The Morgan fingerprint density at radius 1 is 1.22 bits per heavy atom. The summed E-state index contributed by atoms with van der Waals surface area (Å²) >= 11 is 1.73. The van der Waals surface area contributed by atoms with E-state index in [1.54, 1.807) is 11.3 Å². The van der Waals surface area contributed by atoms with Crippen LogP contribution in [0.5, 0.6) is 0 Å². The topological polar surface area (TPSA) is 20.3 Å². The third-order valence-electron chi connectivity index (χ3n) is 3.10. The van der Waals surface area contributed by atoms with E-state index < -0.39 is 0 Å². The number of hydrogen-bond donors (Lipinski definition) is 0. The Balaban J connectivity index is 1.99. The Bertz CT molecular complexity index is 492. The number of thiophene rings is 1. The van der Waals surface area contributed by atoms with Crippen molar-refractivity contribution in [1.29, 1.82) is 0 Å². The van der Waals surface area contributed by atoms with Crippen LogP contribution in [0.3, 0.4) is 0 Å². The predicted octanol–water partition coefficient (Wildman–Crippen LogP) is 3.62. The molecule has 0 bridgehead atoms. The highest BCUT2D eigenvalue weighted by molar-refractivity contribution is 7.10. The second-order valence-corrected chi connectivity index (χ2v) is 5.37. The second-order valence-electron chi connectivity index (χ2n) is 4.40. The number of hydrogen-bond acceptors (Lipinski definition) is 3. The lowest BCUT2D eigenvalue weighted by molar-refractivity contribution is 0.0926. The Hall–Kier alpha value is -1.45. The zero-order valence-electron chi connectivity index (χ0n) is 10.7. The molecular formula is C15H17NOS. The van der Waals surface area contributed by atoms with Gasteiger partial charge in [0.25, 0.3) is 0 Å². The highest BCUT2D eigenvalue weighted by atomic mass is 32.1. The van der Waals surface area contributed by atoms with Crippen LogP contribution in [0.25, 0.3) is 0 Å². The summed E-state index contributed by atoms with van der Waals surface area (Å²) in [5.74, 6) is 0.168. The summed E-state index contributed by atoms with van der Waals surface area (Å²) in [7, 11) is 1.99. The van der Waals surface area contributed by atoms with Gasteiger partial charge in [0.15, 0.2) is 5.78 Å². The monoisotopic (exact) mass is 259 g/mol. The summed E-state index contributed by atoms with van der Waals surface area (Å²) in [5, 5.41) is 2.07. The average Bonchev–Trinajstić information content (AvgIpc) is 2.92. The van der Waals surface area contributed by atoms with Crippen molar-refractivity contribution in [2.24, 2.45) is 0 Å². The van der Waals surface area contributed by atoms with E-state index >= 15 is 0 Å². The minimum absolute atomic E-state index is 0.168. The Morgan fingerprint density at radius 2 is 1.94 bits per heavy atom. The first-order valence-electron chi connectivity index (χ1n) is 6.00. The van der Waals surface area contributed by atoms with E-state index in [0.29, 0.717) is 6.54 Å². The van der Waals surface area contributed by atoms with E-state index in [-0.39, 0.29) is 11.8 Å². The summed E-state index contributed by atoms with van der Waals surface area (Å²) in [4.78, 5) is 15.5. The third-order valence-corrected chi connectivity index (χ3v) is 4.15. The molecule has 0 amide bonds. The Labute approximate surface area is 112 Å². The van der Waals surface area contributed by atoms with Crippen LogP contribution in [0.2, 0.25) is 0 Å². The van der Waals surface area contributed by atoms with Gasteiger partial charge < -0.3 is 0 Å². The molecule has 1 aromatic carbocycles. The fraction of sp³-hybridized carbons (Fsp3) is 0.267. The van der Waals surface area contributed by atoms with Gasteiger partial charge in [0.2, 0.25) is 0 Å². The number of benzene rings is 1. The highest BCUT2D eigenvalue weighted by Crippen LogP contribution is 2.23. The van der Waals surface area contributed by atoms with E-state index in [1.165, 1.54) is 4.88 Å². The molecule has 0 aliphatic carbocycles. The van der Waals surface area contributed by atoms with Gasteiger partial charge in [-0.2, -0.15) is 0 Å². The first-order valence-corrected chi connectivity index (χ1v) is 6.88. The van der Waals surface area contributed by atoms with Gasteiger partial charge in [-0.1, -0.05) is 36.4 Å². The first kappa shape index (κ1) is 13.0. The second kappa shape index (κ2) is 5.94. The molecule has 1 unspecified atom stereocenters. The van der Waals surface area contributed by atoms with Crippen molar-refractivity contribution >= 4 is 17.1 Å². The SMILES string of the molecule is CC(c1cccs1)N(C)CC(=O)c1ccccc1. The molecule has 0 radical (unpaired) electrons. The van der Waals surface area contributed by atoms with Gasteiger partial charge in [0.05, 0.1) is 6.54 Å². The fourth-order valence-corrected chi connectivity index (χ4v) is 2.67. The number of rotatable bonds is 5. The lowest BCUT2D eigenvalue weighted by atomic mass is 10.1. The molecule has 0 aliphatic heterocycles. The standard InChI is InChI=1S/C15H17NOS/c1-12(15-9-6-10-18-15)16(2)11-14(17)13-7-4-3-5-8-13/h3-10,12H,11H2,1-2H3. The minimum atomic E-state index is 0.168. The van der Waals surface area contributed by atoms with E-state index in [1.807, 2.05) is 43.4 Å². The molecule has 0 fully saturated rings. The van der Waals surface area contributed by atoms with E-state index in [9.17, 15) is 4.79 Å². The summed E-state index contributed by atoms with van der Waals surface area (Å²) in [6.45, 7) is 2.58. The molecule has 0 saturated heterocycles. The zero-order chi connectivity index (χ0) is 13.0. The molecular weight excluding hydrogens is 242 g/mol. The number of likely N-dealkylation sites (N-methyl/N-ethyl adjacent to an activating group) is 1. The van der Waals surface area contributed by atoms with Crippen LogP contribution >= 0.6 is 11.3 Å². The fourth-order valence-electron chi connectivity index (χ4n) is 1.82. The number of ketones is 1. The molecule has 0 spiro atoms. The van der Waals surface area contributed by atoms with Gasteiger partial charge in [-0.3, -0.25) is 9.69 Å². The molecule has 1 heterocycles. The van der Waals surface area contributed by atoms with Crippen LogP contribution < -0.4 is 0 Å². The lowest BCUT2D eigenvalue weighted by Crippen LogP contribution is -2.28.